The maximum absolute atomic E-state index is 12.0. The van der Waals surface area contributed by atoms with Crippen LogP contribution in [0.3, 0.4) is 0 Å². The van der Waals surface area contributed by atoms with E-state index in [1.54, 1.807) is 6.92 Å². The van der Waals surface area contributed by atoms with Crippen molar-refractivity contribution in [3.63, 3.8) is 0 Å². The SMILES string of the molecule is CCC(C)NC(=O)C(C)NC(=O)c1ccc(C(=O)O)cc1. The first-order chi connectivity index (χ1) is 9.85. The molecule has 0 radical (unpaired) electrons. The van der Waals surface area contributed by atoms with Crippen molar-refractivity contribution < 1.29 is 19.5 Å². The molecule has 0 aliphatic carbocycles. The second kappa shape index (κ2) is 7.42. The lowest BCUT2D eigenvalue weighted by molar-refractivity contribution is -0.123. The highest BCUT2D eigenvalue weighted by Crippen LogP contribution is 2.05. The molecule has 2 atom stereocenters. The van der Waals surface area contributed by atoms with E-state index in [2.05, 4.69) is 10.6 Å². The zero-order valence-corrected chi connectivity index (χ0v) is 12.3. The molecular formula is C15H20N2O4. The monoisotopic (exact) mass is 292 g/mol. The summed E-state index contributed by atoms with van der Waals surface area (Å²) in [4.78, 5) is 34.5. The highest BCUT2D eigenvalue weighted by Gasteiger charge is 2.17. The smallest absolute Gasteiger partial charge is 0.335 e. The lowest BCUT2D eigenvalue weighted by atomic mass is 10.1. The number of amides is 2. The van der Waals surface area contributed by atoms with Gasteiger partial charge < -0.3 is 15.7 Å². The fourth-order valence-electron chi connectivity index (χ4n) is 1.58. The lowest BCUT2D eigenvalue weighted by Gasteiger charge is -2.17. The molecule has 1 rings (SSSR count). The molecular weight excluding hydrogens is 272 g/mol. The summed E-state index contributed by atoms with van der Waals surface area (Å²) in [5, 5.41) is 14.1. The van der Waals surface area contributed by atoms with Crippen LogP contribution in [-0.4, -0.2) is 35.0 Å². The van der Waals surface area contributed by atoms with Crippen LogP contribution in [0.25, 0.3) is 0 Å². The number of nitrogens with one attached hydrogen (secondary N) is 2. The van der Waals surface area contributed by atoms with E-state index in [1.807, 2.05) is 13.8 Å². The number of carbonyl (C=O) groups excluding carboxylic acids is 2. The third-order valence-electron chi connectivity index (χ3n) is 3.14. The molecule has 6 heteroatoms. The van der Waals surface area contributed by atoms with Gasteiger partial charge in [0.2, 0.25) is 5.91 Å². The van der Waals surface area contributed by atoms with Gasteiger partial charge in [0, 0.05) is 11.6 Å². The maximum Gasteiger partial charge on any atom is 0.335 e. The maximum atomic E-state index is 12.0. The lowest BCUT2D eigenvalue weighted by Crippen LogP contribution is -2.47. The molecule has 2 amide bonds. The van der Waals surface area contributed by atoms with Crippen LogP contribution in [-0.2, 0) is 4.79 Å². The van der Waals surface area contributed by atoms with Crippen LogP contribution >= 0.6 is 0 Å². The first kappa shape index (κ1) is 16.7. The summed E-state index contributed by atoms with van der Waals surface area (Å²) in [7, 11) is 0. The van der Waals surface area contributed by atoms with E-state index in [1.165, 1.54) is 24.3 Å². The van der Waals surface area contributed by atoms with Crippen molar-refractivity contribution in [1.82, 2.24) is 10.6 Å². The van der Waals surface area contributed by atoms with Gasteiger partial charge >= 0.3 is 5.97 Å². The van der Waals surface area contributed by atoms with E-state index >= 15 is 0 Å². The quantitative estimate of drug-likeness (QED) is 0.739. The standard InChI is InChI=1S/C15H20N2O4/c1-4-9(2)16-13(18)10(3)17-14(19)11-5-7-12(8-6-11)15(20)21/h5-10H,4H2,1-3H3,(H,16,18)(H,17,19)(H,20,21). The summed E-state index contributed by atoms with van der Waals surface area (Å²) in [6.07, 6.45) is 0.809. The van der Waals surface area contributed by atoms with E-state index in [0.717, 1.165) is 6.42 Å². The number of aromatic carboxylic acids is 1. The second-order valence-corrected chi connectivity index (χ2v) is 4.90. The van der Waals surface area contributed by atoms with Crippen molar-refractivity contribution >= 4 is 17.8 Å². The first-order valence-electron chi connectivity index (χ1n) is 6.79. The van der Waals surface area contributed by atoms with E-state index in [0.29, 0.717) is 5.56 Å². The van der Waals surface area contributed by atoms with Gasteiger partial charge in [-0.25, -0.2) is 4.79 Å². The van der Waals surface area contributed by atoms with Crippen LogP contribution in [0.2, 0.25) is 0 Å². The van der Waals surface area contributed by atoms with Gasteiger partial charge in [-0.15, -0.1) is 0 Å². The molecule has 0 saturated carbocycles. The zero-order chi connectivity index (χ0) is 16.0. The van der Waals surface area contributed by atoms with E-state index in [4.69, 9.17) is 5.11 Å². The van der Waals surface area contributed by atoms with Gasteiger partial charge in [-0.1, -0.05) is 6.92 Å². The zero-order valence-electron chi connectivity index (χ0n) is 12.3. The molecule has 1 aromatic rings. The van der Waals surface area contributed by atoms with E-state index < -0.39 is 17.9 Å². The van der Waals surface area contributed by atoms with Crippen LogP contribution in [0, 0.1) is 0 Å². The van der Waals surface area contributed by atoms with Crippen LogP contribution in [0.1, 0.15) is 47.9 Å². The van der Waals surface area contributed by atoms with Crippen LogP contribution < -0.4 is 10.6 Å². The van der Waals surface area contributed by atoms with Crippen molar-refractivity contribution in [2.75, 3.05) is 0 Å². The molecule has 114 valence electrons. The molecule has 21 heavy (non-hydrogen) atoms. The summed E-state index contributed by atoms with van der Waals surface area (Å²) in [6.45, 7) is 5.44. The van der Waals surface area contributed by atoms with Gasteiger partial charge in [-0.3, -0.25) is 9.59 Å². The van der Waals surface area contributed by atoms with Gasteiger partial charge in [0.1, 0.15) is 6.04 Å². The normalized spacial score (nSPS) is 13.1. The summed E-state index contributed by atoms with van der Waals surface area (Å²) in [6, 6.07) is 4.91. The Morgan fingerprint density at radius 1 is 1.05 bits per heavy atom. The fourth-order valence-corrected chi connectivity index (χ4v) is 1.58. The minimum atomic E-state index is -1.05. The number of hydrogen-bond acceptors (Lipinski definition) is 3. The summed E-state index contributed by atoms with van der Waals surface area (Å²) >= 11 is 0. The Bertz CT molecular complexity index is 525. The predicted molar refractivity (Wildman–Crippen MR) is 78.2 cm³/mol. The number of benzene rings is 1. The Balaban J connectivity index is 2.63. The Kier molecular flexibility index (Phi) is 5.90. The Morgan fingerprint density at radius 2 is 1.57 bits per heavy atom. The highest BCUT2D eigenvalue weighted by atomic mass is 16.4. The van der Waals surface area contributed by atoms with Crippen LogP contribution in [0.5, 0.6) is 0 Å². The van der Waals surface area contributed by atoms with E-state index in [-0.39, 0.29) is 17.5 Å². The summed E-state index contributed by atoms with van der Waals surface area (Å²) < 4.78 is 0. The van der Waals surface area contributed by atoms with Crippen molar-refractivity contribution in [2.45, 2.75) is 39.3 Å². The molecule has 0 aliphatic rings. The molecule has 2 unspecified atom stereocenters. The number of carboxylic acids is 1. The fraction of sp³-hybridized carbons (Fsp3) is 0.400. The largest absolute Gasteiger partial charge is 0.478 e. The molecule has 6 nitrogen and oxygen atoms in total. The Morgan fingerprint density at radius 3 is 2.05 bits per heavy atom. The number of hydrogen-bond donors (Lipinski definition) is 3. The highest BCUT2D eigenvalue weighted by molar-refractivity contribution is 5.98. The van der Waals surface area contributed by atoms with E-state index in [9.17, 15) is 14.4 Å². The number of carboxylic acid groups (broad SMARTS) is 1. The van der Waals surface area contributed by atoms with Crippen molar-refractivity contribution in [2.24, 2.45) is 0 Å². The van der Waals surface area contributed by atoms with Gasteiger partial charge in [0.15, 0.2) is 0 Å². The second-order valence-electron chi connectivity index (χ2n) is 4.90. The molecule has 0 aliphatic heterocycles. The summed E-state index contributed by atoms with van der Waals surface area (Å²) in [5.74, 6) is -1.72. The topological polar surface area (TPSA) is 95.5 Å². The molecule has 0 bridgehead atoms. The minimum Gasteiger partial charge on any atom is -0.478 e. The van der Waals surface area contributed by atoms with Crippen LogP contribution in [0.15, 0.2) is 24.3 Å². The van der Waals surface area contributed by atoms with Gasteiger partial charge in [-0.05, 0) is 44.5 Å². The van der Waals surface area contributed by atoms with Crippen molar-refractivity contribution in [3.05, 3.63) is 35.4 Å². The molecule has 0 fully saturated rings. The Labute approximate surface area is 123 Å². The molecule has 0 saturated heterocycles. The van der Waals surface area contributed by atoms with Crippen LogP contribution in [0.4, 0.5) is 0 Å². The average Bonchev–Trinajstić information content (AvgIpc) is 2.46. The minimum absolute atomic E-state index is 0.0479. The molecule has 0 aromatic heterocycles. The third kappa shape index (κ3) is 4.91. The third-order valence-corrected chi connectivity index (χ3v) is 3.14. The molecule has 1 aromatic carbocycles. The van der Waals surface area contributed by atoms with Gasteiger partial charge in [0.25, 0.3) is 5.91 Å². The molecule has 3 N–H and O–H groups in total. The summed E-state index contributed by atoms with van der Waals surface area (Å²) in [5.41, 5.74) is 0.414. The van der Waals surface area contributed by atoms with Gasteiger partial charge in [0.05, 0.1) is 5.56 Å². The van der Waals surface area contributed by atoms with Crippen molar-refractivity contribution in [1.29, 1.82) is 0 Å². The average molecular weight is 292 g/mol. The number of rotatable bonds is 6. The molecule has 0 spiro atoms. The number of carbonyl (C=O) groups is 3. The predicted octanol–water partition coefficient (Wildman–Crippen LogP) is 1.42. The van der Waals surface area contributed by atoms with Crippen molar-refractivity contribution in [3.8, 4) is 0 Å². The molecule has 0 heterocycles. The Hall–Kier alpha value is -2.37. The first-order valence-corrected chi connectivity index (χ1v) is 6.79. The van der Waals surface area contributed by atoms with Gasteiger partial charge in [-0.2, -0.15) is 0 Å².